The smallest absolute Gasteiger partial charge is 0.299 e. The fourth-order valence-corrected chi connectivity index (χ4v) is 2.26. The van der Waals surface area contributed by atoms with Gasteiger partial charge in [0.1, 0.15) is 0 Å². The van der Waals surface area contributed by atoms with Crippen LogP contribution in [-0.2, 0) is 0 Å². The first-order valence-corrected chi connectivity index (χ1v) is 7.05. The van der Waals surface area contributed by atoms with Crippen molar-refractivity contribution in [2.45, 2.75) is 40.0 Å². The summed E-state index contributed by atoms with van der Waals surface area (Å²) < 4.78 is 0. The predicted molar refractivity (Wildman–Crippen MR) is 82.0 cm³/mol. The molecule has 21 heavy (non-hydrogen) atoms. The van der Waals surface area contributed by atoms with Crippen LogP contribution >= 0.6 is 0 Å². The monoisotopic (exact) mass is 295 g/mol. The van der Waals surface area contributed by atoms with Crippen molar-refractivity contribution in [3.8, 4) is 0 Å². The summed E-state index contributed by atoms with van der Waals surface area (Å²) in [6, 6.07) is 2.90. The first-order chi connectivity index (χ1) is 9.83. The van der Waals surface area contributed by atoms with Crippen LogP contribution in [-0.4, -0.2) is 22.9 Å². The highest BCUT2D eigenvalue weighted by Gasteiger charge is 2.30. The molecule has 1 aromatic carbocycles. The molecule has 0 fully saturated rings. The molecule has 0 spiro atoms. The molecule has 0 amide bonds. The minimum Gasteiger partial charge on any atom is -0.361 e. The average Bonchev–Trinajstić information content (AvgIpc) is 2.43. The molecule has 116 valence electrons. The van der Waals surface area contributed by atoms with E-state index >= 15 is 0 Å². The van der Waals surface area contributed by atoms with Crippen molar-refractivity contribution >= 4 is 17.1 Å². The van der Waals surface area contributed by atoms with E-state index in [1.165, 1.54) is 12.1 Å². The summed E-state index contributed by atoms with van der Waals surface area (Å²) in [6.07, 6.45) is 0.758. The second-order valence-electron chi connectivity index (χ2n) is 5.16. The molecule has 1 aromatic rings. The third-order valence-electron chi connectivity index (χ3n) is 3.34. The van der Waals surface area contributed by atoms with Crippen molar-refractivity contribution in [2.24, 2.45) is 0 Å². The first kappa shape index (κ1) is 16.9. The Labute approximate surface area is 123 Å². The van der Waals surface area contributed by atoms with Gasteiger partial charge in [0.15, 0.2) is 5.69 Å². The lowest BCUT2D eigenvalue weighted by molar-refractivity contribution is -0.392. The van der Waals surface area contributed by atoms with Gasteiger partial charge in [0, 0.05) is 25.2 Å². The zero-order valence-corrected chi connectivity index (χ0v) is 12.8. The maximum absolute atomic E-state index is 11.4. The van der Waals surface area contributed by atoms with Gasteiger partial charge in [0.05, 0.1) is 9.85 Å². The predicted octanol–water partition coefficient (Wildman–Crippen LogP) is 3.86. The molecule has 0 aromatic heterocycles. The van der Waals surface area contributed by atoms with Gasteiger partial charge in [0.2, 0.25) is 0 Å². The van der Waals surface area contributed by atoms with Crippen LogP contribution in [0.4, 0.5) is 17.1 Å². The molecule has 0 unspecified atom stereocenters. The van der Waals surface area contributed by atoms with E-state index in [0.717, 1.165) is 6.42 Å². The van der Waals surface area contributed by atoms with Crippen LogP contribution in [0.2, 0.25) is 0 Å². The fourth-order valence-electron chi connectivity index (χ4n) is 2.26. The summed E-state index contributed by atoms with van der Waals surface area (Å²) in [5.74, 6) is -0.0160. The zero-order chi connectivity index (χ0) is 16.2. The van der Waals surface area contributed by atoms with Gasteiger partial charge in [-0.2, -0.15) is 0 Å². The molecule has 0 radical (unpaired) electrons. The lowest BCUT2D eigenvalue weighted by Crippen LogP contribution is -2.25. The van der Waals surface area contributed by atoms with E-state index in [4.69, 9.17) is 0 Å². The summed E-state index contributed by atoms with van der Waals surface area (Å²) in [5, 5.41) is 22.7. The average molecular weight is 295 g/mol. The van der Waals surface area contributed by atoms with Gasteiger partial charge in [-0.1, -0.05) is 20.8 Å². The Kier molecular flexibility index (Phi) is 5.63. The maximum atomic E-state index is 11.4. The maximum Gasteiger partial charge on any atom is 0.299 e. The lowest BCUT2D eigenvalue weighted by Gasteiger charge is -2.22. The largest absolute Gasteiger partial charge is 0.361 e. The minimum absolute atomic E-state index is 0.0160. The van der Waals surface area contributed by atoms with Crippen molar-refractivity contribution in [1.29, 1.82) is 0 Å². The molecule has 0 aliphatic carbocycles. The Morgan fingerprint density at radius 3 is 1.86 bits per heavy atom. The van der Waals surface area contributed by atoms with E-state index in [-0.39, 0.29) is 23.0 Å². The van der Waals surface area contributed by atoms with E-state index in [9.17, 15) is 20.2 Å². The van der Waals surface area contributed by atoms with Crippen molar-refractivity contribution in [3.05, 3.63) is 37.9 Å². The molecule has 7 nitrogen and oxygen atoms in total. The molecule has 0 atom stereocenters. The Bertz CT molecular complexity index is 508. The molecular formula is C14H21N3O4. The topological polar surface area (TPSA) is 89.5 Å². The Hall–Kier alpha value is -2.18. The summed E-state index contributed by atoms with van der Waals surface area (Å²) in [7, 11) is 0. The van der Waals surface area contributed by atoms with E-state index in [0.29, 0.717) is 18.7 Å². The summed E-state index contributed by atoms with van der Waals surface area (Å²) in [5.41, 5.74) is 0.329. The highest BCUT2D eigenvalue weighted by Crippen LogP contribution is 2.40. The fraction of sp³-hybridized carbons (Fsp3) is 0.571. The molecule has 0 N–H and O–H groups in total. The summed E-state index contributed by atoms with van der Waals surface area (Å²) in [6.45, 7) is 8.50. The van der Waals surface area contributed by atoms with Gasteiger partial charge < -0.3 is 4.90 Å². The lowest BCUT2D eigenvalue weighted by atomic mass is 10.00. The normalized spacial score (nSPS) is 10.7. The van der Waals surface area contributed by atoms with Crippen molar-refractivity contribution in [3.63, 3.8) is 0 Å². The molecule has 0 heterocycles. The Morgan fingerprint density at radius 1 is 1.10 bits per heavy atom. The number of nitro benzene ring substituents is 2. The zero-order valence-electron chi connectivity index (χ0n) is 12.8. The molecule has 1 rings (SSSR count). The van der Waals surface area contributed by atoms with E-state index in [1.807, 2.05) is 27.7 Å². The summed E-state index contributed by atoms with van der Waals surface area (Å²) in [4.78, 5) is 23.3. The van der Waals surface area contributed by atoms with Gasteiger partial charge in [-0.3, -0.25) is 20.2 Å². The summed E-state index contributed by atoms with van der Waals surface area (Å²) >= 11 is 0. The van der Waals surface area contributed by atoms with Gasteiger partial charge in [-0.25, -0.2) is 0 Å². The molecular weight excluding hydrogens is 274 g/mol. The number of hydrogen-bond donors (Lipinski definition) is 0. The van der Waals surface area contributed by atoms with Crippen molar-refractivity contribution in [1.82, 2.24) is 0 Å². The van der Waals surface area contributed by atoms with Crippen LogP contribution in [0.15, 0.2) is 12.1 Å². The van der Waals surface area contributed by atoms with Crippen LogP contribution in [0.5, 0.6) is 0 Å². The third kappa shape index (κ3) is 3.68. The first-order valence-electron chi connectivity index (χ1n) is 7.05. The number of rotatable bonds is 7. The molecule has 0 saturated carbocycles. The quantitative estimate of drug-likeness (QED) is 0.562. The third-order valence-corrected chi connectivity index (χ3v) is 3.34. The number of nitro groups is 2. The van der Waals surface area contributed by atoms with Gasteiger partial charge in [-0.05, 0) is 24.8 Å². The second kappa shape index (κ2) is 7.01. The Morgan fingerprint density at radius 2 is 1.57 bits per heavy atom. The van der Waals surface area contributed by atoms with Gasteiger partial charge >= 0.3 is 0 Å². The molecule has 0 aliphatic heterocycles. The van der Waals surface area contributed by atoms with Crippen LogP contribution in [0.3, 0.4) is 0 Å². The van der Waals surface area contributed by atoms with E-state index in [1.54, 1.807) is 4.90 Å². The molecule has 0 saturated heterocycles. The van der Waals surface area contributed by atoms with Crippen LogP contribution in [0, 0.1) is 20.2 Å². The van der Waals surface area contributed by atoms with Crippen molar-refractivity contribution in [2.75, 3.05) is 18.0 Å². The highest BCUT2D eigenvalue weighted by atomic mass is 16.6. The van der Waals surface area contributed by atoms with Crippen LogP contribution in [0.25, 0.3) is 0 Å². The molecule has 7 heteroatoms. The standard InChI is InChI=1S/C14H21N3O4/c1-5-7-15(6-2)14-12(16(18)19)8-11(10(3)4)9-13(14)17(20)21/h8-10H,5-7H2,1-4H3. The highest BCUT2D eigenvalue weighted by molar-refractivity contribution is 5.76. The van der Waals surface area contributed by atoms with Gasteiger partial charge in [-0.15, -0.1) is 0 Å². The number of hydrogen-bond acceptors (Lipinski definition) is 5. The Balaban J connectivity index is 3.64. The van der Waals surface area contributed by atoms with Crippen molar-refractivity contribution < 1.29 is 9.85 Å². The van der Waals surface area contributed by atoms with E-state index < -0.39 is 9.85 Å². The van der Waals surface area contributed by atoms with Crippen LogP contribution in [0.1, 0.15) is 45.6 Å². The molecule has 0 bridgehead atoms. The number of benzene rings is 1. The SMILES string of the molecule is CCCN(CC)c1c([N+](=O)[O-])cc(C(C)C)cc1[N+](=O)[O-]. The second-order valence-corrected chi connectivity index (χ2v) is 5.16. The van der Waals surface area contributed by atoms with Gasteiger partial charge in [0.25, 0.3) is 11.4 Å². The molecule has 0 aliphatic rings. The minimum atomic E-state index is -0.535. The number of anilines is 1. The van der Waals surface area contributed by atoms with Crippen LogP contribution < -0.4 is 4.90 Å². The van der Waals surface area contributed by atoms with E-state index in [2.05, 4.69) is 0 Å². The number of nitrogens with zero attached hydrogens (tertiary/aromatic N) is 3.